The van der Waals surface area contributed by atoms with Gasteiger partial charge < -0.3 is 15.4 Å². The van der Waals surface area contributed by atoms with Crippen molar-refractivity contribution >= 4 is 17.8 Å². The lowest BCUT2D eigenvalue weighted by atomic mass is 9.99. The second kappa shape index (κ2) is 6.68. The number of carbonyl (C=O) groups excluding carboxylic acids is 3. The molecule has 1 saturated heterocycles. The van der Waals surface area contributed by atoms with Gasteiger partial charge >= 0.3 is 6.03 Å². The highest BCUT2D eigenvalue weighted by Gasteiger charge is 2.46. The second-order valence-electron chi connectivity index (χ2n) is 5.63. The summed E-state index contributed by atoms with van der Waals surface area (Å²) in [5.41, 5.74) is -0.0254. The van der Waals surface area contributed by atoms with Crippen LogP contribution in [0, 0.1) is 0 Å². The Labute approximate surface area is 135 Å². The van der Waals surface area contributed by atoms with Gasteiger partial charge in [-0.25, -0.2) is 4.79 Å². The van der Waals surface area contributed by atoms with E-state index in [-0.39, 0.29) is 18.4 Å². The van der Waals surface area contributed by atoms with Crippen molar-refractivity contribution in [1.29, 1.82) is 0 Å². The summed E-state index contributed by atoms with van der Waals surface area (Å²) in [6, 6.07) is 6.73. The van der Waals surface area contributed by atoms with Crippen molar-refractivity contribution in [2.45, 2.75) is 32.4 Å². The van der Waals surface area contributed by atoms with Gasteiger partial charge in [0.2, 0.25) is 5.91 Å². The first-order valence-electron chi connectivity index (χ1n) is 7.43. The van der Waals surface area contributed by atoms with E-state index in [1.54, 1.807) is 26.2 Å². The van der Waals surface area contributed by atoms with E-state index in [2.05, 4.69) is 10.6 Å². The molecule has 0 spiro atoms. The molecule has 0 aliphatic carbocycles. The van der Waals surface area contributed by atoms with Crippen LogP contribution in [-0.2, 0) is 16.1 Å². The normalized spacial score (nSPS) is 20.4. The van der Waals surface area contributed by atoms with Gasteiger partial charge in [-0.3, -0.25) is 14.5 Å². The standard InChI is InChI=1S/C16H21N3O4/c1-4-16(2)14(21)19(15(22)18-16)10-13(20)17-9-11-5-7-12(23-3)8-6-11/h5-8H,4,9-10H2,1-3H3,(H,17,20)(H,18,22). The van der Waals surface area contributed by atoms with Crippen molar-refractivity contribution in [2.24, 2.45) is 0 Å². The molecule has 1 aromatic carbocycles. The minimum Gasteiger partial charge on any atom is -0.497 e. The van der Waals surface area contributed by atoms with E-state index >= 15 is 0 Å². The summed E-state index contributed by atoms with van der Waals surface area (Å²) in [4.78, 5) is 37.0. The Hall–Kier alpha value is -2.57. The summed E-state index contributed by atoms with van der Waals surface area (Å²) in [6.45, 7) is 3.50. The quantitative estimate of drug-likeness (QED) is 0.767. The molecule has 4 amide bonds. The van der Waals surface area contributed by atoms with Crippen LogP contribution in [0.4, 0.5) is 4.79 Å². The molecule has 0 bridgehead atoms. The number of benzene rings is 1. The number of hydrogen-bond donors (Lipinski definition) is 2. The topological polar surface area (TPSA) is 87.7 Å². The maximum Gasteiger partial charge on any atom is 0.325 e. The summed E-state index contributed by atoms with van der Waals surface area (Å²) in [6.07, 6.45) is 0.474. The number of methoxy groups -OCH3 is 1. The molecule has 7 heteroatoms. The molecule has 124 valence electrons. The van der Waals surface area contributed by atoms with Crippen LogP contribution < -0.4 is 15.4 Å². The Bertz CT molecular complexity index is 614. The third-order valence-corrected chi connectivity index (χ3v) is 4.00. The third kappa shape index (κ3) is 3.61. The molecule has 0 radical (unpaired) electrons. The average Bonchev–Trinajstić information content (AvgIpc) is 2.77. The zero-order chi connectivity index (χ0) is 17.0. The number of amides is 4. The van der Waals surface area contributed by atoms with Gasteiger partial charge in [-0.05, 0) is 31.0 Å². The van der Waals surface area contributed by atoms with E-state index < -0.39 is 11.6 Å². The van der Waals surface area contributed by atoms with Gasteiger partial charge in [0.25, 0.3) is 5.91 Å². The summed E-state index contributed by atoms with van der Waals surface area (Å²) in [5.74, 6) is -0.0208. The van der Waals surface area contributed by atoms with Crippen molar-refractivity contribution in [2.75, 3.05) is 13.7 Å². The van der Waals surface area contributed by atoms with Gasteiger partial charge in [0, 0.05) is 6.54 Å². The molecule has 1 heterocycles. The lowest BCUT2D eigenvalue weighted by molar-refractivity contribution is -0.134. The molecule has 0 aromatic heterocycles. The fourth-order valence-electron chi connectivity index (χ4n) is 2.27. The molecule has 23 heavy (non-hydrogen) atoms. The van der Waals surface area contributed by atoms with Crippen LogP contribution in [0.25, 0.3) is 0 Å². The monoisotopic (exact) mass is 319 g/mol. The van der Waals surface area contributed by atoms with Gasteiger partial charge in [0.15, 0.2) is 0 Å². The molecular weight excluding hydrogens is 298 g/mol. The Morgan fingerprint density at radius 2 is 1.96 bits per heavy atom. The summed E-state index contributed by atoms with van der Waals surface area (Å²) in [7, 11) is 1.58. The Balaban J connectivity index is 1.89. The highest BCUT2D eigenvalue weighted by atomic mass is 16.5. The van der Waals surface area contributed by atoms with E-state index in [0.717, 1.165) is 16.2 Å². The molecule has 0 saturated carbocycles. The van der Waals surface area contributed by atoms with Crippen molar-refractivity contribution < 1.29 is 19.1 Å². The zero-order valence-electron chi connectivity index (χ0n) is 13.5. The van der Waals surface area contributed by atoms with Gasteiger partial charge in [0.05, 0.1) is 7.11 Å². The first-order valence-corrected chi connectivity index (χ1v) is 7.43. The number of hydrogen-bond acceptors (Lipinski definition) is 4. The smallest absolute Gasteiger partial charge is 0.325 e. The van der Waals surface area contributed by atoms with Gasteiger partial charge in [-0.2, -0.15) is 0 Å². The second-order valence-corrected chi connectivity index (χ2v) is 5.63. The lowest BCUT2D eigenvalue weighted by Gasteiger charge is -2.19. The number of nitrogens with zero attached hydrogens (tertiary/aromatic N) is 1. The number of imide groups is 1. The predicted octanol–water partition coefficient (Wildman–Crippen LogP) is 1.03. The molecule has 1 fully saturated rings. The lowest BCUT2D eigenvalue weighted by Crippen LogP contribution is -2.44. The van der Waals surface area contributed by atoms with E-state index in [9.17, 15) is 14.4 Å². The van der Waals surface area contributed by atoms with E-state index in [1.165, 1.54) is 0 Å². The fraction of sp³-hybridized carbons (Fsp3) is 0.438. The Morgan fingerprint density at radius 1 is 1.30 bits per heavy atom. The summed E-state index contributed by atoms with van der Waals surface area (Å²) >= 11 is 0. The number of carbonyl (C=O) groups is 3. The first-order chi connectivity index (χ1) is 10.9. The van der Waals surface area contributed by atoms with Crippen LogP contribution in [0.15, 0.2) is 24.3 Å². The van der Waals surface area contributed by atoms with Crippen LogP contribution in [0.3, 0.4) is 0 Å². The molecular formula is C16H21N3O4. The molecule has 1 unspecified atom stereocenters. The largest absolute Gasteiger partial charge is 0.497 e. The molecule has 7 nitrogen and oxygen atoms in total. The number of ether oxygens (including phenoxy) is 1. The van der Waals surface area contributed by atoms with Gasteiger partial charge in [-0.15, -0.1) is 0 Å². The number of urea groups is 1. The van der Waals surface area contributed by atoms with Crippen LogP contribution in [0.5, 0.6) is 5.75 Å². The SMILES string of the molecule is CCC1(C)NC(=O)N(CC(=O)NCc2ccc(OC)cc2)C1=O. The van der Waals surface area contributed by atoms with Crippen LogP contribution in [-0.4, -0.2) is 41.9 Å². The third-order valence-electron chi connectivity index (χ3n) is 4.00. The Kier molecular flexibility index (Phi) is 4.88. The van der Waals surface area contributed by atoms with Crippen LogP contribution >= 0.6 is 0 Å². The predicted molar refractivity (Wildman–Crippen MR) is 83.8 cm³/mol. The minimum atomic E-state index is -0.923. The molecule has 1 aromatic rings. The van der Waals surface area contributed by atoms with Crippen molar-refractivity contribution in [3.05, 3.63) is 29.8 Å². The van der Waals surface area contributed by atoms with E-state index in [0.29, 0.717) is 13.0 Å². The molecule has 2 rings (SSSR count). The van der Waals surface area contributed by atoms with Crippen molar-refractivity contribution in [1.82, 2.24) is 15.5 Å². The Morgan fingerprint density at radius 3 is 2.48 bits per heavy atom. The highest BCUT2D eigenvalue weighted by molar-refractivity contribution is 6.08. The number of nitrogens with one attached hydrogen (secondary N) is 2. The fourth-order valence-corrected chi connectivity index (χ4v) is 2.27. The maximum absolute atomic E-state index is 12.2. The van der Waals surface area contributed by atoms with Gasteiger partial charge in [0.1, 0.15) is 17.8 Å². The molecule has 1 aliphatic rings. The average molecular weight is 319 g/mol. The maximum atomic E-state index is 12.2. The minimum absolute atomic E-state index is 0.281. The summed E-state index contributed by atoms with van der Waals surface area (Å²) in [5, 5.41) is 5.31. The van der Waals surface area contributed by atoms with Crippen molar-refractivity contribution in [3.8, 4) is 5.75 Å². The number of rotatable bonds is 6. The molecule has 1 atom stereocenters. The summed E-state index contributed by atoms with van der Waals surface area (Å²) < 4.78 is 5.06. The van der Waals surface area contributed by atoms with Crippen LogP contribution in [0.2, 0.25) is 0 Å². The van der Waals surface area contributed by atoms with E-state index in [4.69, 9.17) is 4.74 Å². The highest BCUT2D eigenvalue weighted by Crippen LogP contribution is 2.20. The zero-order valence-corrected chi connectivity index (χ0v) is 13.5. The molecule has 2 N–H and O–H groups in total. The van der Waals surface area contributed by atoms with Crippen molar-refractivity contribution in [3.63, 3.8) is 0 Å². The molecule has 1 aliphatic heterocycles. The first kappa shape index (κ1) is 16.8. The van der Waals surface area contributed by atoms with Gasteiger partial charge in [-0.1, -0.05) is 19.1 Å². The van der Waals surface area contributed by atoms with Crippen LogP contribution in [0.1, 0.15) is 25.8 Å². The van der Waals surface area contributed by atoms with E-state index in [1.807, 2.05) is 19.1 Å².